The predicted molar refractivity (Wildman–Crippen MR) is 78.4 cm³/mol. The second kappa shape index (κ2) is 5.92. The van der Waals surface area contributed by atoms with Crippen molar-refractivity contribution >= 4 is 0 Å². The van der Waals surface area contributed by atoms with Crippen LogP contribution in [-0.4, -0.2) is 0 Å². The van der Waals surface area contributed by atoms with E-state index in [0.29, 0.717) is 5.56 Å². The summed E-state index contributed by atoms with van der Waals surface area (Å²) >= 11 is 0. The first kappa shape index (κ1) is 14.2. The molecule has 3 N–H and O–H groups in total. The molecule has 0 fully saturated rings. The first-order valence-electron chi connectivity index (χ1n) is 7.17. The van der Waals surface area contributed by atoms with Crippen LogP contribution in [0.1, 0.15) is 29.2 Å². The van der Waals surface area contributed by atoms with Crippen molar-refractivity contribution in [2.75, 3.05) is 0 Å². The number of fused-ring (bicyclic) bond motifs is 1. The molecule has 3 rings (SSSR count). The van der Waals surface area contributed by atoms with Gasteiger partial charge in [0.2, 0.25) is 0 Å². The van der Waals surface area contributed by atoms with E-state index in [4.69, 9.17) is 5.84 Å². The third-order valence-electron chi connectivity index (χ3n) is 4.33. The van der Waals surface area contributed by atoms with E-state index in [9.17, 15) is 8.78 Å². The second-order valence-corrected chi connectivity index (χ2v) is 5.58. The fourth-order valence-corrected chi connectivity index (χ4v) is 3.24. The molecule has 2 unspecified atom stereocenters. The highest BCUT2D eigenvalue weighted by Crippen LogP contribution is 2.34. The average molecular weight is 288 g/mol. The number of hydrazine groups is 1. The second-order valence-electron chi connectivity index (χ2n) is 5.58. The molecule has 0 saturated carbocycles. The first-order valence-corrected chi connectivity index (χ1v) is 7.17. The summed E-state index contributed by atoms with van der Waals surface area (Å²) < 4.78 is 27.4. The lowest BCUT2D eigenvalue weighted by atomic mass is 9.78. The van der Waals surface area contributed by atoms with Crippen molar-refractivity contribution in [3.05, 3.63) is 70.8 Å². The molecule has 2 aromatic rings. The quantitative estimate of drug-likeness (QED) is 0.672. The number of hydrogen-bond acceptors (Lipinski definition) is 2. The summed E-state index contributed by atoms with van der Waals surface area (Å²) in [6.45, 7) is 0. The Balaban J connectivity index is 1.90. The van der Waals surface area contributed by atoms with Gasteiger partial charge in [-0.3, -0.25) is 11.3 Å². The monoisotopic (exact) mass is 288 g/mol. The van der Waals surface area contributed by atoms with Gasteiger partial charge in [0.25, 0.3) is 0 Å². The molecule has 110 valence electrons. The molecule has 21 heavy (non-hydrogen) atoms. The van der Waals surface area contributed by atoms with E-state index < -0.39 is 11.6 Å². The van der Waals surface area contributed by atoms with E-state index >= 15 is 0 Å². The van der Waals surface area contributed by atoms with Gasteiger partial charge in [-0.1, -0.05) is 24.3 Å². The molecule has 1 aliphatic carbocycles. The Hall–Kier alpha value is -1.78. The van der Waals surface area contributed by atoms with Crippen LogP contribution in [0.25, 0.3) is 0 Å². The van der Waals surface area contributed by atoms with Gasteiger partial charge in [-0.2, -0.15) is 0 Å². The molecule has 0 saturated heterocycles. The van der Waals surface area contributed by atoms with Crippen molar-refractivity contribution in [3.63, 3.8) is 0 Å². The molecule has 0 heterocycles. The molecular formula is C17H18F2N2. The molecule has 0 bridgehead atoms. The minimum Gasteiger partial charge on any atom is -0.271 e. The summed E-state index contributed by atoms with van der Waals surface area (Å²) in [5.74, 6) is 4.93. The van der Waals surface area contributed by atoms with Gasteiger partial charge in [-0.15, -0.1) is 0 Å². The summed E-state index contributed by atoms with van der Waals surface area (Å²) in [4.78, 5) is 0. The zero-order valence-electron chi connectivity index (χ0n) is 11.7. The van der Waals surface area contributed by atoms with Crippen molar-refractivity contribution in [2.24, 2.45) is 11.8 Å². The molecule has 4 heteroatoms. The highest BCUT2D eigenvalue weighted by Gasteiger charge is 2.28. The molecule has 0 radical (unpaired) electrons. The maximum absolute atomic E-state index is 14.0. The van der Waals surface area contributed by atoms with Crippen LogP contribution in [-0.2, 0) is 12.8 Å². The molecule has 0 spiro atoms. The van der Waals surface area contributed by atoms with E-state index in [1.54, 1.807) is 0 Å². The first-order chi connectivity index (χ1) is 10.2. The van der Waals surface area contributed by atoms with Crippen LogP contribution in [0.4, 0.5) is 8.78 Å². The molecule has 1 aliphatic rings. The van der Waals surface area contributed by atoms with Gasteiger partial charge in [-0.05, 0) is 54.5 Å². The number of nitrogens with one attached hydrogen (secondary N) is 1. The number of halogens is 2. The maximum Gasteiger partial charge on any atom is 0.128 e. The zero-order chi connectivity index (χ0) is 14.8. The van der Waals surface area contributed by atoms with Crippen LogP contribution in [0.3, 0.4) is 0 Å². The van der Waals surface area contributed by atoms with Gasteiger partial charge < -0.3 is 0 Å². The van der Waals surface area contributed by atoms with Gasteiger partial charge in [0.1, 0.15) is 11.6 Å². The standard InChI is InChI=1S/C17H18F2N2/c18-14-7-8-16(19)15(10-14)17(21-20)13-6-5-11-3-1-2-4-12(11)9-13/h1-4,7-8,10,13,17,21H,5-6,9,20H2. The van der Waals surface area contributed by atoms with E-state index in [2.05, 4.69) is 17.6 Å². The van der Waals surface area contributed by atoms with E-state index in [0.717, 1.165) is 31.4 Å². The van der Waals surface area contributed by atoms with Crippen LogP contribution in [0, 0.1) is 17.6 Å². The number of nitrogens with two attached hydrogens (primary N) is 1. The predicted octanol–water partition coefficient (Wildman–Crippen LogP) is 3.27. The third kappa shape index (κ3) is 2.82. The van der Waals surface area contributed by atoms with Crippen LogP contribution in [0.15, 0.2) is 42.5 Å². The molecule has 2 aromatic carbocycles. The van der Waals surface area contributed by atoms with Crippen LogP contribution in [0.2, 0.25) is 0 Å². The Kier molecular flexibility index (Phi) is 3.99. The Bertz CT molecular complexity index is 642. The van der Waals surface area contributed by atoms with Gasteiger partial charge >= 0.3 is 0 Å². The molecule has 2 atom stereocenters. The Labute approximate surface area is 122 Å². The van der Waals surface area contributed by atoms with Gasteiger partial charge in [0.15, 0.2) is 0 Å². The summed E-state index contributed by atoms with van der Waals surface area (Å²) in [7, 11) is 0. The lowest BCUT2D eigenvalue weighted by Crippen LogP contribution is -2.36. The van der Waals surface area contributed by atoms with Gasteiger partial charge in [-0.25, -0.2) is 8.78 Å². The van der Waals surface area contributed by atoms with Crippen LogP contribution >= 0.6 is 0 Å². The summed E-state index contributed by atoms with van der Waals surface area (Å²) in [5, 5.41) is 0. The van der Waals surface area contributed by atoms with Crippen LogP contribution in [0.5, 0.6) is 0 Å². The average Bonchev–Trinajstić information content (AvgIpc) is 2.51. The Morgan fingerprint density at radius 1 is 1.10 bits per heavy atom. The maximum atomic E-state index is 14.0. The molecule has 0 aromatic heterocycles. The van der Waals surface area contributed by atoms with Crippen molar-refractivity contribution in [1.82, 2.24) is 5.43 Å². The summed E-state index contributed by atoms with van der Waals surface area (Å²) in [6.07, 6.45) is 2.67. The highest BCUT2D eigenvalue weighted by atomic mass is 19.1. The topological polar surface area (TPSA) is 38.0 Å². The van der Waals surface area contributed by atoms with Crippen molar-refractivity contribution in [2.45, 2.75) is 25.3 Å². The van der Waals surface area contributed by atoms with Crippen molar-refractivity contribution in [1.29, 1.82) is 0 Å². The molecule has 0 aliphatic heterocycles. The summed E-state index contributed by atoms with van der Waals surface area (Å²) in [6, 6.07) is 11.4. The summed E-state index contributed by atoms with van der Waals surface area (Å²) in [5.41, 5.74) is 5.59. The molecule has 2 nitrogen and oxygen atoms in total. The fraction of sp³-hybridized carbons (Fsp3) is 0.294. The molecule has 0 amide bonds. The van der Waals surface area contributed by atoms with Gasteiger partial charge in [0.05, 0.1) is 6.04 Å². The fourth-order valence-electron chi connectivity index (χ4n) is 3.24. The normalized spacial score (nSPS) is 19.1. The number of hydrogen-bond donors (Lipinski definition) is 2. The SMILES string of the molecule is NNC(c1cc(F)ccc1F)C1CCc2ccccc2C1. The number of rotatable bonds is 3. The minimum atomic E-state index is -0.442. The lowest BCUT2D eigenvalue weighted by molar-refractivity contribution is 0.320. The number of aryl methyl sites for hydroxylation is 1. The van der Waals surface area contributed by atoms with E-state index in [1.165, 1.54) is 17.2 Å². The largest absolute Gasteiger partial charge is 0.271 e. The van der Waals surface area contributed by atoms with E-state index in [-0.39, 0.29) is 12.0 Å². The smallest absolute Gasteiger partial charge is 0.128 e. The van der Waals surface area contributed by atoms with Crippen molar-refractivity contribution in [3.8, 4) is 0 Å². The van der Waals surface area contributed by atoms with E-state index in [1.807, 2.05) is 12.1 Å². The highest BCUT2D eigenvalue weighted by molar-refractivity contribution is 5.31. The third-order valence-corrected chi connectivity index (χ3v) is 4.33. The lowest BCUT2D eigenvalue weighted by Gasteiger charge is -2.31. The van der Waals surface area contributed by atoms with Gasteiger partial charge in [0, 0.05) is 5.56 Å². The zero-order valence-corrected chi connectivity index (χ0v) is 11.7. The minimum absolute atomic E-state index is 0.154. The molecular weight excluding hydrogens is 270 g/mol. The Morgan fingerprint density at radius 2 is 1.86 bits per heavy atom. The van der Waals surface area contributed by atoms with Crippen molar-refractivity contribution < 1.29 is 8.78 Å². The Morgan fingerprint density at radius 3 is 2.62 bits per heavy atom. The number of benzene rings is 2. The van der Waals surface area contributed by atoms with Crippen LogP contribution < -0.4 is 11.3 Å².